The summed E-state index contributed by atoms with van der Waals surface area (Å²) >= 11 is 0. The molecule has 0 saturated heterocycles. The number of benzene rings is 2. The van der Waals surface area contributed by atoms with E-state index in [9.17, 15) is 13.2 Å². The number of nitrogens with zero attached hydrogens (tertiary/aromatic N) is 2. The molecule has 0 radical (unpaired) electrons. The zero-order valence-electron chi connectivity index (χ0n) is 16.6. The van der Waals surface area contributed by atoms with Crippen LogP contribution in [0.25, 0.3) is 0 Å². The minimum Gasteiger partial charge on any atom is -0.307 e. The Bertz CT molecular complexity index is 1100. The van der Waals surface area contributed by atoms with Gasteiger partial charge in [0.1, 0.15) is 5.82 Å². The second kappa shape index (κ2) is 8.48. The number of hydrogen-bond donors (Lipinski definition) is 2. The van der Waals surface area contributed by atoms with Crippen molar-refractivity contribution in [3.8, 4) is 0 Å². The first-order chi connectivity index (χ1) is 13.8. The molecule has 0 bridgehead atoms. The van der Waals surface area contributed by atoms with Gasteiger partial charge in [0.15, 0.2) is 0 Å². The molecule has 0 aliphatic heterocycles. The van der Waals surface area contributed by atoms with Gasteiger partial charge < -0.3 is 5.32 Å². The molecule has 0 aliphatic rings. The van der Waals surface area contributed by atoms with Gasteiger partial charge in [-0.25, -0.2) is 13.1 Å². The quantitative estimate of drug-likeness (QED) is 0.615. The first-order valence-corrected chi connectivity index (χ1v) is 10.8. The van der Waals surface area contributed by atoms with Crippen molar-refractivity contribution in [3.05, 3.63) is 71.9 Å². The SMILES string of the molecule is Cc1ccccc1NS(=O)(=O)c1ccc(C(=O)Nc2ccnn2CC(C)C)cc1. The van der Waals surface area contributed by atoms with Crippen molar-refractivity contribution in [2.75, 3.05) is 10.0 Å². The second-order valence-corrected chi connectivity index (χ2v) is 8.87. The van der Waals surface area contributed by atoms with Crippen LogP contribution in [0, 0.1) is 12.8 Å². The van der Waals surface area contributed by atoms with Gasteiger partial charge in [-0.2, -0.15) is 5.10 Å². The molecule has 2 N–H and O–H groups in total. The number of para-hydroxylation sites is 1. The molecule has 1 aromatic heterocycles. The molecular weight excluding hydrogens is 388 g/mol. The first-order valence-electron chi connectivity index (χ1n) is 9.28. The van der Waals surface area contributed by atoms with Crippen molar-refractivity contribution in [3.63, 3.8) is 0 Å². The summed E-state index contributed by atoms with van der Waals surface area (Å²) in [7, 11) is -3.74. The number of carbonyl (C=O) groups is 1. The number of aryl methyl sites for hydroxylation is 1. The standard InChI is InChI=1S/C21H24N4O3S/c1-15(2)14-25-20(12-13-22-25)23-21(26)17-8-10-18(11-9-17)29(27,28)24-19-7-5-4-6-16(19)3/h4-13,15,24H,14H2,1-3H3,(H,23,26). The number of nitrogens with one attached hydrogen (secondary N) is 2. The van der Waals surface area contributed by atoms with Gasteiger partial charge in [-0.05, 0) is 48.7 Å². The van der Waals surface area contributed by atoms with E-state index >= 15 is 0 Å². The third-order valence-corrected chi connectivity index (χ3v) is 5.69. The first kappa shape index (κ1) is 20.6. The van der Waals surface area contributed by atoms with E-state index in [0.717, 1.165) is 5.56 Å². The van der Waals surface area contributed by atoms with Crippen molar-refractivity contribution in [2.24, 2.45) is 5.92 Å². The fourth-order valence-electron chi connectivity index (χ4n) is 2.80. The molecule has 1 heterocycles. The van der Waals surface area contributed by atoms with Crippen LogP contribution in [0.5, 0.6) is 0 Å². The van der Waals surface area contributed by atoms with Crippen molar-refractivity contribution >= 4 is 27.4 Å². The molecule has 3 rings (SSSR count). The van der Waals surface area contributed by atoms with Crippen LogP contribution in [0.15, 0.2) is 65.7 Å². The van der Waals surface area contributed by atoms with Crippen LogP contribution >= 0.6 is 0 Å². The monoisotopic (exact) mass is 412 g/mol. The van der Waals surface area contributed by atoms with Crippen LogP contribution in [0.3, 0.4) is 0 Å². The zero-order valence-corrected chi connectivity index (χ0v) is 17.4. The van der Waals surface area contributed by atoms with Gasteiger partial charge in [0.25, 0.3) is 15.9 Å². The molecule has 2 aromatic carbocycles. The van der Waals surface area contributed by atoms with Crippen LogP contribution in [-0.4, -0.2) is 24.1 Å². The summed E-state index contributed by atoms with van der Waals surface area (Å²) in [5, 5.41) is 7.02. The molecule has 3 aromatic rings. The minimum absolute atomic E-state index is 0.0853. The molecule has 0 fully saturated rings. The highest BCUT2D eigenvalue weighted by Crippen LogP contribution is 2.20. The van der Waals surface area contributed by atoms with Gasteiger partial charge in [0, 0.05) is 18.2 Å². The Kier molecular flexibility index (Phi) is 6.03. The van der Waals surface area contributed by atoms with Crippen LogP contribution < -0.4 is 10.0 Å². The predicted molar refractivity (Wildman–Crippen MR) is 113 cm³/mol. The molecule has 0 aliphatic carbocycles. The number of rotatable bonds is 7. The molecule has 0 spiro atoms. The van der Waals surface area contributed by atoms with Crippen molar-refractivity contribution in [2.45, 2.75) is 32.2 Å². The van der Waals surface area contributed by atoms with E-state index in [1.807, 2.05) is 19.1 Å². The van der Waals surface area contributed by atoms with E-state index < -0.39 is 10.0 Å². The lowest BCUT2D eigenvalue weighted by molar-refractivity contribution is 0.102. The highest BCUT2D eigenvalue weighted by Gasteiger charge is 2.17. The number of amides is 1. The minimum atomic E-state index is -3.74. The van der Waals surface area contributed by atoms with Crippen molar-refractivity contribution in [1.29, 1.82) is 0 Å². The summed E-state index contributed by atoms with van der Waals surface area (Å²) in [6.45, 7) is 6.65. The molecule has 0 saturated carbocycles. The number of carbonyl (C=O) groups excluding carboxylic acids is 1. The predicted octanol–water partition coefficient (Wildman–Crippen LogP) is 3.90. The number of anilines is 2. The molecular formula is C21H24N4O3S. The Balaban J connectivity index is 1.73. The summed E-state index contributed by atoms with van der Waals surface area (Å²) in [5.74, 6) is 0.656. The number of sulfonamides is 1. The van der Waals surface area contributed by atoms with Crippen LogP contribution in [0.4, 0.5) is 11.5 Å². The van der Waals surface area contributed by atoms with Crippen LogP contribution in [0.1, 0.15) is 29.8 Å². The number of hydrogen-bond acceptors (Lipinski definition) is 4. The van der Waals surface area contributed by atoms with Gasteiger partial charge in [-0.1, -0.05) is 32.0 Å². The van der Waals surface area contributed by atoms with Gasteiger partial charge in [-0.3, -0.25) is 9.52 Å². The summed E-state index contributed by atoms with van der Waals surface area (Å²) in [6, 6.07) is 14.7. The van der Waals surface area contributed by atoms with E-state index in [0.29, 0.717) is 29.5 Å². The van der Waals surface area contributed by atoms with E-state index in [1.54, 1.807) is 29.1 Å². The van der Waals surface area contributed by atoms with Gasteiger partial charge in [-0.15, -0.1) is 0 Å². The topological polar surface area (TPSA) is 93.1 Å². The lowest BCUT2D eigenvalue weighted by atomic mass is 10.2. The maximum Gasteiger partial charge on any atom is 0.261 e. The molecule has 152 valence electrons. The van der Waals surface area contributed by atoms with Crippen molar-refractivity contribution < 1.29 is 13.2 Å². The third-order valence-electron chi connectivity index (χ3n) is 4.31. The van der Waals surface area contributed by atoms with E-state index in [-0.39, 0.29) is 10.8 Å². The lowest BCUT2D eigenvalue weighted by Gasteiger charge is -2.12. The third kappa shape index (κ3) is 5.03. The molecule has 0 unspecified atom stereocenters. The Morgan fingerprint density at radius 2 is 1.76 bits per heavy atom. The van der Waals surface area contributed by atoms with Gasteiger partial charge in [0.2, 0.25) is 0 Å². The maximum atomic E-state index is 12.6. The smallest absolute Gasteiger partial charge is 0.261 e. The Labute approximate surface area is 170 Å². The normalized spacial score (nSPS) is 11.4. The summed E-state index contributed by atoms with van der Waals surface area (Å²) in [5.41, 5.74) is 1.70. The Morgan fingerprint density at radius 1 is 1.07 bits per heavy atom. The van der Waals surface area contributed by atoms with E-state index in [4.69, 9.17) is 0 Å². The van der Waals surface area contributed by atoms with Crippen LogP contribution in [-0.2, 0) is 16.6 Å². The Morgan fingerprint density at radius 3 is 2.41 bits per heavy atom. The summed E-state index contributed by atoms with van der Waals surface area (Å²) in [6.07, 6.45) is 1.63. The zero-order chi connectivity index (χ0) is 21.0. The van der Waals surface area contributed by atoms with E-state index in [1.165, 1.54) is 24.3 Å². The fraction of sp³-hybridized carbons (Fsp3) is 0.238. The van der Waals surface area contributed by atoms with Gasteiger partial charge >= 0.3 is 0 Å². The number of aromatic nitrogens is 2. The fourth-order valence-corrected chi connectivity index (χ4v) is 3.93. The van der Waals surface area contributed by atoms with Crippen LogP contribution in [0.2, 0.25) is 0 Å². The largest absolute Gasteiger partial charge is 0.307 e. The van der Waals surface area contributed by atoms with Gasteiger partial charge in [0.05, 0.1) is 16.8 Å². The maximum absolute atomic E-state index is 12.6. The highest BCUT2D eigenvalue weighted by atomic mass is 32.2. The molecule has 1 amide bonds. The molecule has 0 atom stereocenters. The molecule has 8 heteroatoms. The summed E-state index contributed by atoms with van der Waals surface area (Å²) < 4.78 is 29.5. The Hall–Kier alpha value is -3.13. The summed E-state index contributed by atoms with van der Waals surface area (Å²) in [4.78, 5) is 12.6. The van der Waals surface area contributed by atoms with Crippen molar-refractivity contribution in [1.82, 2.24) is 9.78 Å². The second-order valence-electron chi connectivity index (χ2n) is 7.19. The molecule has 7 nitrogen and oxygen atoms in total. The lowest BCUT2D eigenvalue weighted by Crippen LogP contribution is -2.18. The average Bonchev–Trinajstić information content (AvgIpc) is 3.09. The average molecular weight is 413 g/mol. The molecule has 29 heavy (non-hydrogen) atoms. The van der Waals surface area contributed by atoms with E-state index in [2.05, 4.69) is 29.0 Å². The highest BCUT2D eigenvalue weighted by molar-refractivity contribution is 7.92.